The van der Waals surface area contributed by atoms with Crippen molar-refractivity contribution in [2.75, 3.05) is 34.4 Å². The minimum atomic E-state index is -0.0859. The van der Waals surface area contributed by atoms with Gasteiger partial charge in [0, 0.05) is 32.7 Å². The number of guanidine groups is 1. The highest BCUT2D eigenvalue weighted by Gasteiger charge is 2.06. The lowest BCUT2D eigenvalue weighted by molar-refractivity contribution is 0.0963. The first kappa shape index (κ1) is 26.5. The number of aliphatic imine (C=N–C) groups is 1. The van der Waals surface area contributed by atoms with Gasteiger partial charge in [0.15, 0.2) is 17.5 Å². The third-order valence-electron chi connectivity index (χ3n) is 4.59. The number of carbonyl (C=O) groups is 1. The van der Waals surface area contributed by atoms with Crippen LogP contribution >= 0.6 is 24.0 Å². The Bertz CT molecular complexity index is 841. The molecule has 0 unspecified atom stereocenters. The molecule has 2 aromatic rings. The summed E-state index contributed by atoms with van der Waals surface area (Å²) in [4.78, 5) is 15.9. The molecule has 170 valence electrons. The predicted molar refractivity (Wildman–Crippen MR) is 136 cm³/mol. The van der Waals surface area contributed by atoms with Crippen LogP contribution in [0.15, 0.2) is 47.5 Å². The number of hydrogen-bond acceptors (Lipinski definition) is 4. The van der Waals surface area contributed by atoms with Crippen molar-refractivity contribution < 1.29 is 14.3 Å². The first-order valence-corrected chi connectivity index (χ1v) is 10.2. The van der Waals surface area contributed by atoms with Gasteiger partial charge < -0.3 is 25.4 Å². The highest BCUT2D eigenvalue weighted by molar-refractivity contribution is 14.0. The van der Waals surface area contributed by atoms with Crippen LogP contribution in [-0.4, -0.2) is 46.2 Å². The highest BCUT2D eigenvalue weighted by Crippen LogP contribution is 2.28. The van der Waals surface area contributed by atoms with E-state index in [1.54, 1.807) is 21.2 Å². The van der Waals surface area contributed by atoms with Gasteiger partial charge in [-0.1, -0.05) is 18.2 Å². The molecule has 0 fully saturated rings. The quantitative estimate of drug-likeness (QED) is 0.186. The molecule has 0 aliphatic carbocycles. The molecule has 0 radical (unpaired) electrons. The summed E-state index contributed by atoms with van der Waals surface area (Å²) >= 11 is 0. The van der Waals surface area contributed by atoms with Gasteiger partial charge in [0.05, 0.1) is 13.7 Å². The summed E-state index contributed by atoms with van der Waals surface area (Å²) in [6, 6.07) is 13.6. The summed E-state index contributed by atoms with van der Waals surface area (Å²) in [5.74, 6) is 2.20. The Morgan fingerprint density at radius 3 is 2.35 bits per heavy atom. The smallest absolute Gasteiger partial charge is 0.251 e. The number of ether oxygens (including phenoxy) is 2. The van der Waals surface area contributed by atoms with Crippen molar-refractivity contribution in [3.8, 4) is 11.5 Å². The van der Waals surface area contributed by atoms with E-state index in [-0.39, 0.29) is 29.9 Å². The molecule has 0 saturated carbocycles. The molecule has 0 aliphatic heterocycles. The largest absolute Gasteiger partial charge is 0.493 e. The molecule has 0 atom stereocenters. The molecule has 0 spiro atoms. The second-order valence-electron chi connectivity index (χ2n) is 6.65. The van der Waals surface area contributed by atoms with Gasteiger partial charge in [0.1, 0.15) is 0 Å². The zero-order valence-electron chi connectivity index (χ0n) is 18.7. The molecular weight excluding hydrogens is 507 g/mol. The van der Waals surface area contributed by atoms with Crippen molar-refractivity contribution >= 4 is 35.8 Å². The first-order valence-electron chi connectivity index (χ1n) is 10.2. The molecule has 2 aromatic carbocycles. The van der Waals surface area contributed by atoms with Crippen LogP contribution in [0, 0.1) is 0 Å². The van der Waals surface area contributed by atoms with Crippen LogP contribution in [0.2, 0.25) is 0 Å². The van der Waals surface area contributed by atoms with Crippen LogP contribution in [0.25, 0.3) is 0 Å². The van der Waals surface area contributed by atoms with E-state index in [0.29, 0.717) is 18.7 Å². The molecule has 0 aromatic heterocycles. The van der Waals surface area contributed by atoms with Crippen LogP contribution in [0.5, 0.6) is 11.5 Å². The van der Waals surface area contributed by atoms with E-state index in [1.165, 1.54) is 5.56 Å². The van der Waals surface area contributed by atoms with E-state index in [2.05, 4.69) is 27.0 Å². The van der Waals surface area contributed by atoms with Gasteiger partial charge in [-0.15, -0.1) is 24.0 Å². The zero-order valence-corrected chi connectivity index (χ0v) is 21.0. The summed E-state index contributed by atoms with van der Waals surface area (Å²) in [7, 11) is 5.03. The topological polar surface area (TPSA) is 84.0 Å². The van der Waals surface area contributed by atoms with Crippen molar-refractivity contribution in [2.45, 2.75) is 26.3 Å². The van der Waals surface area contributed by atoms with E-state index in [9.17, 15) is 4.79 Å². The Balaban J connectivity index is 0.00000480. The fraction of sp³-hybridized carbons (Fsp3) is 0.391. The standard InChI is InChI=1S/C23H32N4O3.HI/c1-5-30-21-15-17(10-13-20(21)29-4)7-6-14-26-23(25-3)27-16-18-8-11-19(12-9-18)22(28)24-2;/h8-13,15H,5-7,14,16H2,1-4H3,(H,24,28)(H2,25,26,27);1H. The summed E-state index contributed by atoms with van der Waals surface area (Å²) in [5, 5.41) is 9.24. The molecule has 0 bridgehead atoms. The van der Waals surface area contributed by atoms with E-state index < -0.39 is 0 Å². The Morgan fingerprint density at radius 1 is 1.03 bits per heavy atom. The molecule has 0 heterocycles. The Hall–Kier alpha value is -2.49. The highest BCUT2D eigenvalue weighted by atomic mass is 127. The van der Waals surface area contributed by atoms with Gasteiger partial charge >= 0.3 is 0 Å². The summed E-state index contributed by atoms with van der Waals surface area (Å²) in [6.07, 6.45) is 1.88. The first-order chi connectivity index (χ1) is 14.6. The number of aryl methyl sites for hydroxylation is 1. The van der Waals surface area contributed by atoms with Gasteiger partial charge in [0.2, 0.25) is 0 Å². The fourth-order valence-electron chi connectivity index (χ4n) is 2.97. The minimum Gasteiger partial charge on any atom is -0.493 e. The number of methoxy groups -OCH3 is 1. The lowest BCUT2D eigenvalue weighted by Gasteiger charge is -2.13. The molecule has 0 saturated heterocycles. The van der Waals surface area contributed by atoms with E-state index in [0.717, 1.165) is 42.4 Å². The second-order valence-corrected chi connectivity index (χ2v) is 6.65. The molecule has 0 aliphatic rings. The maximum Gasteiger partial charge on any atom is 0.251 e. The van der Waals surface area contributed by atoms with Crippen molar-refractivity contribution in [1.82, 2.24) is 16.0 Å². The summed E-state index contributed by atoms with van der Waals surface area (Å²) in [5.41, 5.74) is 2.93. The minimum absolute atomic E-state index is 0. The Morgan fingerprint density at radius 2 is 1.74 bits per heavy atom. The van der Waals surface area contributed by atoms with E-state index in [1.807, 2.05) is 43.3 Å². The SMILES string of the molecule is CCOc1cc(CCCNC(=NC)NCc2ccc(C(=O)NC)cc2)ccc1OC.I. The predicted octanol–water partition coefficient (Wildman–Crippen LogP) is 3.37. The summed E-state index contributed by atoms with van der Waals surface area (Å²) in [6.45, 7) is 4.00. The van der Waals surface area contributed by atoms with Crippen molar-refractivity contribution in [3.05, 3.63) is 59.2 Å². The normalized spacial score (nSPS) is 10.6. The Kier molecular flexibility index (Phi) is 12.4. The number of nitrogens with zero attached hydrogens (tertiary/aromatic N) is 1. The molecule has 8 heteroatoms. The maximum atomic E-state index is 11.6. The van der Waals surface area contributed by atoms with E-state index >= 15 is 0 Å². The molecule has 2 rings (SSSR count). The van der Waals surface area contributed by atoms with Crippen LogP contribution in [-0.2, 0) is 13.0 Å². The zero-order chi connectivity index (χ0) is 21.8. The monoisotopic (exact) mass is 540 g/mol. The number of nitrogens with one attached hydrogen (secondary N) is 3. The number of amides is 1. The number of rotatable bonds is 10. The summed E-state index contributed by atoms with van der Waals surface area (Å²) < 4.78 is 11.0. The van der Waals surface area contributed by atoms with Gasteiger partial charge in [0.25, 0.3) is 5.91 Å². The fourth-order valence-corrected chi connectivity index (χ4v) is 2.97. The lowest BCUT2D eigenvalue weighted by atomic mass is 10.1. The Labute approximate surface area is 202 Å². The maximum absolute atomic E-state index is 11.6. The number of carbonyl (C=O) groups excluding carboxylic acids is 1. The van der Waals surface area contributed by atoms with E-state index in [4.69, 9.17) is 9.47 Å². The lowest BCUT2D eigenvalue weighted by Crippen LogP contribution is -2.37. The number of hydrogen-bond donors (Lipinski definition) is 3. The number of halogens is 1. The third-order valence-corrected chi connectivity index (χ3v) is 4.59. The molecule has 3 N–H and O–H groups in total. The van der Waals surface area contributed by atoms with Crippen LogP contribution in [0.1, 0.15) is 34.8 Å². The number of benzene rings is 2. The molecular formula is C23H33IN4O3. The third kappa shape index (κ3) is 8.64. The van der Waals surface area contributed by atoms with Gasteiger partial charge in [-0.3, -0.25) is 9.79 Å². The van der Waals surface area contributed by atoms with Gasteiger partial charge in [-0.05, 0) is 55.2 Å². The van der Waals surface area contributed by atoms with Crippen molar-refractivity contribution in [1.29, 1.82) is 0 Å². The van der Waals surface area contributed by atoms with Crippen LogP contribution < -0.4 is 25.4 Å². The average Bonchev–Trinajstić information content (AvgIpc) is 2.79. The van der Waals surface area contributed by atoms with Crippen LogP contribution in [0.4, 0.5) is 0 Å². The van der Waals surface area contributed by atoms with Gasteiger partial charge in [-0.2, -0.15) is 0 Å². The van der Waals surface area contributed by atoms with Gasteiger partial charge in [-0.25, -0.2) is 0 Å². The van der Waals surface area contributed by atoms with Crippen LogP contribution in [0.3, 0.4) is 0 Å². The second kappa shape index (κ2) is 14.5. The molecule has 7 nitrogen and oxygen atoms in total. The van der Waals surface area contributed by atoms with Crippen molar-refractivity contribution in [3.63, 3.8) is 0 Å². The molecule has 1 amide bonds. The average molecular weight is 540 g/mol. The molecule has 31 heavy (non-hydrogen) atoms. The van der Waals surface area contributed by atoms with Crippen molar-refractivity contribution in [2.24, 2.45) is 4.99 Å².